The maximum atomic E-state index is 13.0. The third kappa shape index (κ3) is 5.32. The highest BCUT2D eigenvalue weighted by atomic mass is 32.2. The van der Waals surface area contributed by atoms with Crippen molar-refractivity contribution in [1.29, 1.82) is 0 Å². The molecule has 0 saturated carbocycles. The molecule has 0 saturated heterocycles. The van der Waals surface area contributed by atoms with E-state index < -0.39 is 21.9 Å². The minimum atomic E-state index is -3.80. The SMILES string of the molecule is CCOC(=O)c1sc(-c2ccccc2)cc1NC(=O)c1ccc(S(=O)(=O)N(C)c2ccccc2)cc1. The summed E-state index contributed by atoms with van der Waals surface area (Å²) in [5.41, 5.74) is 2.02. The van der Waals surface area contributed by atoms with Crippen molar-refractivity contribution >= 4 is 44.6 Å². The fourth-order valence-electron chi connectivity index (χ4n) is 3.48. The molecule has 0 aliphatic heterocycles. The molecule has 0 bridgehead atoms. The number of hydrogen-bond donors (Lipinski definition) is 1. The molecule has 0 unspecified atom stereocenters. The first-order chi connectivity index (χ1) is 17.3. The average molecular weight is 521 g/mol. The number of nitrogens with one attached hydrogen (secondary N) is 1. The molecule has 1 heterocycles. The Balaban J connectivity index is 1.57. The smallest absolute Gasteiger partial charge is 0.350 e. The summed E-state index contributed by atoms with van der Waals surface area (Å²) in [6, 6.07) is 25.6. The van der Waals surface area contributed by atoms with Gasteiger partial charge < -0.3 is 10.1 Å². The molecule has 0 aliphatic rings. The van der Waals surface area contributed by atoms with E-state index in [1.807, 2.05) is 30.3 Å². The van der Waals surface area contributed by atoms with Crippen LogP contribution >= 0.6 is 11.3 Å². The second kappa shape index (κ2) is 10.8. The molecule has 0 radical (unpaired) electrons. The molecular weight excluding hydrogens is 496 g/mol. The van der Waals surface area contributed by atoms with Crippen LogP contribution in [0.5, 0.6) is 0 Å². The van der Waals surface area contributed by atoms with E-state index in [0.717, 1.165) is 10.4 Å². The van der Waals surface area contributed by atoms with Crippen molar-refractivity contribution < 1.29 is 22.7 Å². The van der Waals surface area contributed by atoms with E-state index >= 15 is 0 Å². The van der Waals surface area contributed by atoms with E-state index in [0.29, 0.717) is 11.4 Å². The Morgan fingerprint density at radius 2 is 1.53 bits per heavy atom. The zero-order valence-corrected chi connectivity index (χ0v) is 21.3. The summed E-state index contributed by atoms with van der Waals surface area (Å²) in [5, 5.41) is 2.77. The van der Waals surface area contributed by atoms with Gasteiger partial charge in [-0.25, -0.2) is 13.2 Å². The third-order valence-electron chi connectivity index (χ3n) is 5.39. The Bertz CT molecular complexity index is 1470. The first kappa shape index (κ1) is 25.2. The average Bonchev–Trinajstić information content (AvgIpc) is 3.33. The van der Waals surface area contributed by atoms with Crippen molar-refractivity contribution in [3.05, 3.63) is 101 Å². The van der Waals surface area contributed by atoms with Crippen LogP contribution in [-0.4, -0.2) is 33.9 Å². The minimum Gasteiger partial charge on any atom is -0.462 e. The van der Waals surface area contributed by atoms with E-state index in [1.165, 1.54) is 47.0 Å². The van der Waals surface area contributed by atoms with Crippen LogP contribution in [0.25, 0.3) is 10.4 Å². The van der Waals surface area contributed by atoms with Gasteiger partial charge in [0.05, 0.1) is 22.9 Å². The highest BCUT2D eigenvalue weighted by molar-refractivity contribution is 7.92. The Morgan fingerprint density at radius 3 is 2.14 bits per heavy atom. The van der Waals surface area contributed by atoms with Gasteiger partial charge in [-0.05, 0) is 55.0 Å². The van der Waals surface area contributed by atoms with Gasteiger partial charge in [-0.3, -0.25) is 9.10 Å². The monoisotopic (exact) mass is 520 g/mol. The van der Waals surface area contributed by atoms with E-state index in [4.69, 9.17) is 4.74 Å². The standard InChI is InChI=1S/C27H24N2O5S2/c1-3-34-27(31)25-23(18-24(35-25)19-10-6-4-7-11-19)28-26(30)20-14-16-22(17-15-20)36(32,33)29(2)21-12-8-5-9-13-21/h4-18H,3H2,1-2H3,(H,28,30). The van der Waals surface area contributed by atoms with Crippen LogP contribution in [0.15, 0.2) is 95.9 Å². The van der Waals surface area contributed by atoms with Crippen molar-refractivity contribution in [2.24, 2.45) is 0 Å². The number of para-hydroxylation sites is 1. The lowest BCUT2D eigenvalue weighted by atomic mass is 10.2. The molecule has 1 aromatic heterocycles. The largest absolute Gasteiger partial charge is 0.462 e. The first-order valence-electron chi connectivity index (χ1n) is 11.1. The number of carbonyl (C=O) groups is 2. The molecule has 0 spiro atoms. The van der Waals surface area contributed by atoms with E-state index in [-0.39, 0.29) is 21.9 Å². The first-order valence-corrected chi connectivity index (χ1v) is 13.4. The number of anilines is 2. The number of rotatable bonds is 8. The summed E-state index contributed by atoms with van der Waals surface area (Å²) < 4.78 is 32.3. The molecule has 7 nitrogen and oxygen atoms in total. The normalized spacial score (nSPS) is 11.1. The maximum absolute atomic E-state index is 13.0. The molecule has 1 amide bonds. The molecular formula is C27H24N2O5S2. The molecule has 0 fully saturated rings. The molecule has 36 heavy (non-hydrogen) atoms. The van der Waals surface area contributed by atoms with Gasteiger partial charge in [-0.15, -0.1) is 11.3 Å². The lowest BCUT2D eigenvalue weighted by Crippen LogP contribution is -2.26. The molecule has 1 N–H and O–H groups in total. The third-order valence-corrected chi connectivity index (χ3v) is 8.36. The van der Waals surface area contributed by atoms with Crippen molar-refractivity contribution in [2.75, 3.05) is 23.3 Å². The van der Waals surface area contributed by atoms with Crippen LogP contribution < -0.4 is 9.62 Å². The van der Waals surface area contributed by atoms with Crippen LogP contribution in [0.4, 0.5) is 11.4 Å². The summed E-state index contributed by atoms with van der Waals surface area (Å²) in [4.78, 5) is 26.7. The van der Waals surface area contributed by atoms with Gasteiger partial charge in [-0.2, -0.15) is 0 Å². The lowest BCUT2D eigenvalue weighted by Gasteiger charge is -2.19. The van der Waals surface area contributed by atoms with Crippen LogP contribution in [0, 0.1) is 0 Å². The highest BCUT2D eigenvalue weighted by Gasteiger charge is 2.23. The highest BCUT2D eigenvalue weighted by Crippen LogP contribution is 2.35. The second-order valence-corrected chi connectivity index (χ2v) is 10.7. The summed E-state index contributed by atoms with van der Waals surface area (Å²) in [7, 11) is -2.33. The van der Waals surface area contributed by atoms with Gasteiger partial charge in [-0.1, -0.05) is 48.5 Å². The summed E-state index contributed by atoms with van der Waals surface area (Å²) in [5.74, 6) is -0.997. The van der Waals surface area contributed by atoms with Gasteiger partial charge in [0.2, 0.25) is 0 Å². The number of hydrogen-bond acceptors (Lipinski definition) is 6. The predicted molar refractivity (Wildman–Crippen MR) is 142 cm³/mol. The number of benzene rings is 3. The quantitative estimate of drug-likeness (QED) is 0.302. The Kier molecular flexibility index (Phi) is 7.52. The molecule has 184 valence electrons. The summed E-state index contributed by atoms with van der Waals surface area (Å²) in [6.45, 7) is 1.92. The fourth-order valence-corrected chi connectivity index (χ4v) is 5.69. The van der Waals surface area contributed by atoms with Crippen LogP contribution in [0.2, 0.25) is 0 Å². The summed E-state index contributed by atoms with van der Waals surface area (Å²) >= 11 is 1.23. The van der Waals surface area contributed by atoms with Crippen molar-refractivity contribution in [1.82, 2.24) is 0 Å². The van der Waals surface area contributed by atoms with Crippen molar-refractivity contribution in [3.8, 4) is 10.4 Å². The van der Waals surface area contributed by atoms with Gasteiger partial charge in [0.1, 0.15) is 4.88 Å². The Labute approximate surface area is 214 Å². The Hall–Kier alpha value is -3.95. The maximum Gasteiger partial charge on any atom is 0.350 e. The zero-order chi connectivity index (χ0) is 25.7. The zero-order valence-electron chi connectivity index (χ0n) is 19.7. The number of nitrogens with zero attached hydrogens (tertiary/aromatic N) is 1. The predicted octanol–water partition coefficient (Wildman–Crippen LogP) is 5.67. The molecule has 4 aromatic rings. The number of carbonyl (C=O) groups excluding carboxylic acids is 2. The van der Waals surface area contributed by atoms with Crippen molar-refractivity contribution in [2.45, 2.75) is 11.8 Å². The van der Waals surface area contributed by atoms with Crippen LogP contribution in [0.1, 0.15) is 27.0 Å². The molecule has 9 heteroatoms. The molecule has 3 aromatic carbocycles. The van der Waals surface area contributed by atoms with Gasteiger partial charge in [0.15, 0.2) is 0 Å². The summed E-state index contributed by atoms with van der Waals surface area (Å²) in [6.07, 6.45) is 0. The number of amides is 1. The van der Waals surface area contributed by atoms with Crippen LogP contribution in [-0.2, 0) is 14.8 Å². The number of thiophene rings is 1. The topological polar surface area (TPSA) is 92.8 Å². The molecule has 4 rings (SSSR count). The van der Waals surface area contributed by atoms with Crippen LogP contribution in [0.3, 0.4) is 0 Å². The van der Waals surface area contributed by atoms with E-state index in [1.54, 1.807) is 43.3 Å². The molecule has 0 atom stereocenters. The lowest BCUT2D eigenvalue weighted by molar-refractivity contribution is 0.0533. The van der Waals surface area contributed by atoms with Gasteiger partial charge in [0, 0.05) is 17.5 Å². The number of esters is 1. The van der Waals surface area contributed by atoms with Gasteiger partial charge in [0.25, 0.3) is 15.9 Å². The van der Waals surface area contributed by atoms with Gasteiger partial charge >= 0.3 is 5.97 Å². The van der Waals surface area contributed by atoms with E-state index in [9.17, 15) is 18.0 Å². The van der Waals surface area contributed by atoms with Crippen molar-refractivity contribution in [3.63, 3.8) is 0 Å². The Morgan fingerprint density at radius 1 is 0.917 bits per heavy atom. The molecule has 0 aliphatic carbocycles. The minimum absolute atomic E-state index is 0.0551. The van der Waals surface area contributed by atoms with E-state index in [2.05, 4.69) is 5.32 Å². The number of ether oxygens (including phenoxy) is 1. The second-order valence-electron chi connectivity index (χ2n) is 7.73. The fraction of sp³-hybridized carbons (Fsp3) is 0.111. The number of sulfonamides is 1.